The molecule has 0 aromatic heterocycles. The summed E-state index contributed by atoms with van der Waals surface area (Å²) in [5.41, 5.74) is 1.05. The van der Waals surface area contributed by atoms with Crippen molar-refractivity contribution in [1.82, 2.24) is 4.90 Å². The zero-order valence-electron chi connectivity index (χ0n) is 11.6. The maximum Gasteiger partial charge on any atom is 0.304 e. The number of carboxylic acid groups (broad SMARTS) is 1. The highest BCUT2D eigenvalue weighted by Crippen LogP contribution is 2.17. The Bertz CT molecular complexity index is 407. The van der Waals surface area contributed by atoms with Crippen molar-refractivity contribution in [3.63, 3.8) is 0 Å². The van der Waals surface area contributed by atoms with Gasteiger partial charge in [-0.25, -0.2) is 0 Å². The predicted octanol–water partition coefficient (Wildman–Crippen LogP) is 3.66. The van der Waals surface area contributed by atoms with E-state index in [0.717, 1.165) is 23.6 Å². The molecule has 0 atom stereocenters. The van der Waals surface area contributed by atoms with Crippen molar-refractivity contribution in [2.24, 2.45) is 5.92 Å². The van der Waals surface area contributed by atoms with E-state index < -0.39 is 5.97 Å². The Kier molecular flexibility index (Phi) is 6.89. The predicted molar refractivity (Wildman–Crippen MR) is 78.4 cm³/mol. The van der Waals surface area contributed by atoms with Crippen LogP contribution in [0.1, 0.15) is 32.3 Å². The quantitative estimate of drug-likeness (QED) is 0.791. The van der Waals surface area contributed by atoms with Crippen LogP contribution in [0.25, 0.3) is 0 Å². The minimum Gasteiger partial charge on any atom is -0.481 e. The maximum atomic E-state index is 10.7. The number of carbonyl (C=O) groups is 1. The standard InChI is InChI=1S/C15H22ClNO2/c1-12(2)7-9-17(10-8-15(18)19)11-13-5-3-4-6-14(13)16/h3-6,12H,7-11H2,1-2H3,(H,18,19). The maximum absolute atomic E-state index is 10.7. The lowest BCUT2D eigenvalue weighted by Crippen LogP contribution is -2.28. The highest BCUT2D eigenvalue weighted by atomic mass is 35.5. The smallest absolute Gasteiger partial charge is 0.304 e. The molecule has 1 aromatic rings. The van der Waals surface area contributed by atoms with Gasteiger partial charge >= 0.3 is 5.97 Å². The van der Waals surface area contributed by atoms with Crippen LogP contribution in [0.2, 0.25) is 5.02 Å². The van der Waals surface area contributed by atoms with Crippen LogP contribution in [-0.4, -0.2) is 29.1 Å². The van der Waals surface area contributed by atoms with Crippen molar-refractivity contribution in [2.75, 3.05) is 13.1 Å². The number of aliphatic carboxylic acids is 1. The average Bonchev–Trinajstić information content (AvgIpc) is 2.34. The van der Waals surface area contributed by atoms with Gasteiger partial charge in [0.05, 0.1) is 6.42 Å². The SMILES string of the molecule is CC(C)CCN(CCC(=O)O)Cc1ccccc1Cl. The molecule has 1 rings (SSSR count). The fraction of sp³-hybridized carbons (Fsp3) is 0.533. The van der Waals surface area contributed by atoms with Gasteiger partial charge in [-0.1, -0.05) is 43.6 Å². The highest BCUT2D eigenvalue weighted by Gasteiger charge is 2.10. The number of halogens is 1. The summed E-state index contributed by atoms with van der Waals surface area (Å²) in [6, 6.07) is 7.72. The van der Waals surface area contributed by atoms with Gasteiger partial charge < -0.3 is 5.11 Å². The molecule has 0 unspecified atom stereocenters. The van der Waals surface area contributed by atoms with Crippen molar-refractivity contribution in [1.29, 1.82) is 0 Å². The third-order valence-electron chi connectivity index (χ3n) is 3.02. The molecule has 0 aliphatic carbocycles. The summed E-state index contributed by atoms with van der Waals surface area (Å²) in [5.74, 6) is -0.146. The van der Waals surface area contributed by atoms with Crippen LogP contribution in [0.4, 0.5) is 0 Å². The average molecular weight is 284 g/mol. The first kappa shape index (κ1) is 16.0. The third-order valence-corrected chi connectivity index (χ3v) is 3.39. The van der Waals surface area contributed by atoms with E-state index in [1.807, 2.05) is 24.3 Å². The first-order chi connectivity index (χ1) is 8.99. The number of benzene rings is 1. The number of nitrogens with zero attached hydrogens (tertiary/aromatic N) is 1. The van der Waals surface area contributed by atoms with Gasteiger partial charge in [0.1, 0.15) is 0 Å². The number of hydrogen-bond donors (Lipinski definition) is 1. The fourth-order valence-corrected chi connectivity index (χ4v) is 2.03. The van der Waals surface area contributed by atoms with E-state index in [2.05, 4.69) is 18.7 Å². The molecular formula is C15H22ClNO2. The Morgan fingerprint density at radius 1 is 1.32 bits per heavy atom. The molecule has 3 nitrogen and oxygen atoms in total. The molecule has 0 radical (unpaired) electrons. The van der Waals surface area contributed by atoms with E-state index in [4.69, 9.17) is 16.7 Å². The third kappa shape index (κ3) is 6.60. The van der Waals surface area contributed by atoms with Gasteiger partial charge in [0.15, 0.2) is 0 Å². The molecule has 0 fully saturated rings. The fourth-order valence-electron chi connectivity index (χ4n) is 1.83. The molecule has 0 aliphatic heterocycles. The number of rotatable bonds is 8. The Morgan fingerprint density at radius 3 is 2.58 bits per heavy atom. The molecular weight excluding hydrogens is 262 g/mol. The lowest BCUT2D eigenvalue weighted by molar-refractivity contribution is -0.137. The second-order valence-corrected chi connectivity index (χ2v) is 5.60. The molecule has 0 amide bonds. The molecule has 106 valence electrons. The van der Waals surface area contributed by atoms with Crippen LogP contribution in [0.5, 0.6) is 0 Å². The molecule has 1 N–H and O–H groups in total. The lowest BCUT2D eigenvalue weighted by Gasteiger charge is -2.23. The minimum atomic E-state index is -0.756. The van der Waals surface area contributed by atoms with E-state index in [-0.39, 0.29) is 6.42 Å². The summed E-state index contributed by atoms with van der Waals surface area (Å²) in [4.78, 5) is 12.9. The summed E-state index contributed by atoms with van der Waals surface area (Å²) < 4.78 is 0. The Labute approximate surface area is 120 Å². The zero-order chi connectivity index (χ0) is 14.3. The zero-order valence-corrected chi connectivity index (χ0v) is 12.4. The van der Waals surface area contributed by atoms with Gasteiger partial charge in [0.2, 0.25) is 0 Å². The molecule has 1 aromatic carbocycles. The van der Waals surface area contributed by atoms with Crippen molar-refractivity contribution < 1.29 is 9.90 Å². The van der Waals surface area contributed by atoms with E-state index in [9.17, 15) is 4.79 Å². The van der Waals surface area contributed by atoms with E-state index in [1.165, 1.54) is 0 Å². The number of hydrogen-bond acceptors (Lipinski definition) is 2. The first-order valence-corrected chi connectivity index (χ1v) is 7.04. The van der Waals surface area contributed by atoms with Gasteiger partial charge in [-0.3, -0.25) is 9.69 Å². The Morgan fingerprint density at radius 2 is 2.00 bits per heavy atom. The second-order valence-electron chi connectivity index (χ2n) is 5.19. The molecule has 4 heteroatoms. The Hall–Kier alpha value is -1.06. The van der Waals surface area contributed by atoms with Gasteiger partial charge in [0, 0.05) is 18.1 Å². The molecule has 0 saturated carbocycles. The van der Waals surface area contributed by atoms with E-state index >= 15 is 0 Å². The van der Waals surface area contributed by atoms with Crippen molar-refractivity contribution >= 4 is 17.6 Å². The van der Waals surface area contributed by atoms with Crippen LogP contribution >= 0.6 is 11.6 Å². The van der Waals surface area contributed by atoms with Crippen LogP contribution in [0.3, 0.4) is 0 Å². The van der Waals surface area contributed by atoms with Crippen molar-refractivity contribution in [2.45, 2.75) is 33.2 Å². The molecule has 0 saturated heterocycles. The minimum absolute atomic E-state index is 0.169. The summed E-state index contributed by atoms with van der Waals surface area (Å²) >= 11 is 6.15. The van der Waals surface area contributed by atoms with Crippen LogP contribution in [0.15, 0.2) is 24.3 Å². The van der Waals surface area contributed by atoms with Gasteiger partial charge in [-0.15, -0.1) is 0 Å². The molecule has 0 bridgehead atoms. The summed E-state index contributed by atoms with van der Waals surface area (Å²) in [7, 11) is 0. The van der Waals surface area contributed by atoms with Gasteiger partial charge in [0.25, 0.3) is 0 Å². The van der Waals surface area contributed by atoms with Gasteiger partial charge in [-0.2, -0.15) is 0 Å². The monoisotopic (exact) mass is 283 g/mol. The normalized spacial score (nSPS) is 11.2. The van der Waals surface area contributed by atoms with Crippen LogP contribution in [0, 0.1) is 5.92 Å². The largest absolute Gasteiger partial charge is 0.481 e. The molecule has 0 spiro atoms. The van der Waals surface area contributed by atoms with Crippen LogP contribution < -0.4 is 0 Å². The lowest BCUT2D eigenvalue weighted by atomic mass is 10.1. The van der Waals surface area contributed by atoms with E-state index in [1.54, 1.807) is 0 Å². The second kappa shape index (κ2) is 8.18. The van der Waals surface area contributed by atoms with E-state index in [0.29, 0.717) is 19.0 Å². The summed E-state index contributed by atoms with van der Waals surface area (Å²) in [6.07, 6.45) is 1.23. The van der Waals surface area contributed by atoms with Gasteiger partial charge in [-0.05, 0) is 30.5 Å². The van der Waals surface area contributed by atoms with Crippen molar-refractivity contribution in [3.05, 3.63) is 34.9 Å². The molecule has 19 heavy (non-hydrogen) atoms. The molecule has 0 aliphatic rings. The Balaban J connectivity index is 2.62. The van der Waals surface area contributed by atoms with Crippen LogP contribution in [-0.2, 0) is 11.3 Å². The number of carboxylic acids is 1. The topological polar surface area (TPSA) is 40.5 Å². The van der Waals surface area contributed by atoms with Crippen molar-refractivity contribution in [3.8, 4) is 0 Å². The summed E-state index contributed by atoms with van der Waals surface area (Å²) in [5, 5.41) is 9.55. The summed E-state index contributed by atoms with van der Waals surface area (Å²) in [6.45, 7) is 6.51. The first-order valence-electron chi connectivity index (χ1n) is 6.66. The molecule has 0 heterocycles. The highest BCUT2D eigenvalue weighted by molar-refractivity contribution is 6.31.